The first-order valence-corrected chi connectivity index (χ1v) is 18.4. The molecule has 1 fully saturated rings. The summed E-state index contributed by atoms with van der Waals surface area (Å²) in [6.45, 7) is 2.97. The number of carbonyl (C=O) groups is 1. The lowest BCUT2D eigenvalue weighted by Gasteiger charge is -2.37. The summed E-state index contributed by atoms with van der Waals surface area (Å²) in [5, 5.41) is 9.64. The maximum Gasteiger partial charge on any atom is 0.288 e. The smallest absolute Gasteiger partial charge is 0.288 e. The third kappa shape index (κ3) is 8.56. The van der Waals surface area contributed by atoms with Crippen LogP contribution < -0.4 is 14.2 Å². The molecule has 1 amide bonds. The van der Waals surface area contributed by atoms with Gasteiger partial charge in [-0.25, -0.2) is 8.42 Å². The monoisotopic (exact) mass is 757 g/mol. The van der Waals surface area contributed by atoms with E-state index in [1.165, 1.54) is 23.5 Å². The molecule has 3 aromatic rings. The first kappa shape index (κ1) is 35.2. The largest absolute Gasteiger partial charge is 0.497 e. The maximum atomic E-state index is 13.8. The second-order valence-electron chi connectivity index (χ2n) is 11.9. The van der Waals surface area contributed by atoms with Crippen molar-refractivity contribution in [1.29, 1.82) is 0 Å². The van der Waals surface area contributed by atoms with Gasteiger partial charge in [-0.05, 0) is 65.7 Å². The van der Waals surface area contributed by atoms with Crippen molar-refractivity contribution < 1.29 is 42.0 Å². The van der Waals surface area contributed by atoms with Gasteiger partial charge >= 0.3 is 0 Å². The predicted molar refractivity (Wildman–Crippen MR) is 184 cm³/mol. The molecule has 3 heterocycles. The lowest BCUT2D eigenvalue weighted by atomic mass is 9.93. The number of hydrogen-bond donors (Lipinski definition) is 1. The molecule has 0 unspecified atom stereocenters. The Bertz CT molecular complexity index is 1730. The van der Waals surface area contributed by atoms with Gasteiger partial charge in [0.1, 0.15) is 5.75 Å². The van der Waals surface area contributed by atoms with Crippen molar-refractivity contribution >= 4 is 31.9 Å². The highest BCUT2D eigenvalue weighted by Crippen LogP contribution is 2.34. The number of aliphatic hydroxyl groups is 1. The molecule has 3 aromatic carbocycles. The molecule has 0 radical (unpaired) electrons. The molecule has 0 bridgehead atoms. The Morgan fingerprint density at radius 1 is 0.980 bits per heavy atom. The van der Waals surface area contributed by atoms with Crippen molar-refractivity contribution in [3.63, 3.8) is 0 Å². The summed E-state index contributed by atoms with van der Waals surface area (Å²) in [4.78, 5) is 18.0. The minimum Gasteiger partial charge on any atom is -0.497 e. The van der Waals surface area contributed by atoms with E-state index in [0.717, 1.165) is 33.6 Å². The number of aliphatic hydroxyl groups excluding tert-OH is 1. The van der Waals surface area contributed by atoms with E-state index < -0.39 is 16.3 Å². The van der Waals surface area contributed by atoms with Gasteiger partial charge in [0.2, 0.25) is 23.1 Å². The highest BCUT2D eigenvalue weighted by atomic mass is 79.9. The average molecular weight is 759 g/mol. The van der Waals surface area contributed by atoms with Crippen LogP contribution in [0.15, 0.2) is 87.9 Å². The number of sulfonamides is 1. The summed E-state index contributed by atoms with van der Waals surface area (Å²) in [7, 11) is -2.40. The summed E-state index contributed by atoms with van der Waals surface area (Å²) >= 11 is 3.49. The summed E-state index contributed by atoms with van der Waals surface area (Å²) in [5.41, 5.74) is 2.12. The summed E-state index contributed by atoms with van der Waals surface area (Å²) in [6.07, 6.45) is 1.51. The molecule has 1 N–H and O–H groups in total. The van der Waals surface area contributed by atoms with Gasteiger partial charge in [0, 0.05) is 62.6 Å². The molecular weight excluding hydrogens is 718 g/mol. The molecule has 3 aliphatic heterocycles. The molecule has 2 atom stereocenters. The van der Waals surface area contributed by atoms with E-state index in [0.29, 0.717) is 38.3 Å². The van der Waals surface area contributed by atoms with Crippen LogP contribution in [-0.4, -0.2) is 106 Å². The number of carbonyl (C=O) groups excluding carboxylic acids is 1. The molecule has 0 aromatic heterocycles. The number of ether oxygens (including phenoxy) is 5. The molecule has 12 nitrogen and oxygen atoms in total. The van der Waals surface area contributed by atoms with Gasteiger partial charge in [0.05, 0.1) is 25.2 Å². The minimum atomic E-state index is -3.91. The quantitative estimate of drug-likeness (QED) is 0.274. The van der Waals surface area contributed by atoms with Crippen LogP contribution in [0.5, 0.6) is 17.2 Å². The third-order valence-electron chi connectivity index (χ3n) is 8.76. The molecule has 6 rings (SSSR count). The normalized spacial score (nSPS) is 19.4. The van der Waals surface area contributed by atoms with Crippen LogP contribution in [0.3, 0.4) is 0 Å². The SMILES string of the molecule is COc1ccc(S(=O)(=O)N(CCO)CCO[C@H]2C[C@@H](c3ccc(Br)cc3)C=C(C(=O)N3CCN(Cc4ccc5c(c4)OCO5)CC3)O2)cc1. The van der Waals surface area contributed by atoms with Gasteiger partial charge in [-0.15, -0.1) is 0 Å². The highest BCUT2D eigenvalue weighted by Gasteiger charge is 2.33. The Hall–Kier alpha value is -3.66. The molecule has 262 valence electrons. The van der Waals surface area contributed by atoms with Crippen LogP contribution in [0, 0.1) is 0 Å². The number of fused-ring (bicyclic) bond motifs is 1. The van der Waals surface area contributed by atoms with Crippen LogP contribution in [0.25, 0.3) is 0 Å². The van der Waals surface area contributed by atoms with Crippen molar-refractivity contribution in [3.8, 4) is 17.2 Å². The number of methoxy groups -OCH3 is 1. The summed E-state index contributed by atoms with van der Waals surface area (Å²) in [6, 6.07) is 19.9. The van der Waals surface area contributed by atoms with Gasteiger partial charge in [-0.2, -0.15) is 4.31 Å². The van der Waals surface area contributed by atoms with Crippen LogP contribution in [0.4, 0.5) is 0 Å². The lowest BCUT2D eigenvalue weighted by Crippen LogP contribution is -2.49. The fourth-order valence-electron chi connectivity index (χ4n) is 6.06. The maximum absolute atomic E-state index is 13.8. The van der Waals surface area contributed by atoms with Crippen LogP contribution in [0.1, 0.15) is 23.5 Å². The van der Waals surface area contributed by atoms with E-state index >= 15 is 0 Å². The zero-order valence-corrected chi connectivity index (χ0v) is 29.6. The van der Waals surface area contributed by atoms with Gasteiger partial charge in [-0.3, -0.25) is 9.69 Å². The molecule has 0 aliphatic carbocycles. The number of rotatable bonds is 13. The first-order chi connectivity index (χ1) is 23.7. The zero-order chi connectivity index (χ0) is 34.4. The summed E-state index contributed by atoms with van der Waals surface area (Å²) in [5.74, 6) is 1.89. The number of amides is 1. The summed E-state index contributed by atoms with van der Waals surface area (Å²) < 4.78 is 57.2. The van der Waals surface area contributed by atoms with Crippen LogP contribution >= 0.6 is 15.9 Å². The predicted octanol–water partition coefficient (Wildman–Crippen LogP) is 3.94. The minimum absolute atomic E-state index is 0.00683. The van der Waals surface area contributed by atoms with Crippen molar-refractivity contribution in [2.45, 2.75) is 30.1 Å². The second kappa shape index (κ2) is 15.9. The van der Waals surface area contributed by atoms with Gasteiger partial charge in [0.25, 0.3) is 5.91 Å². The molecule has 3 aliphatic rings. The Morgan fingerprint density at radius 2 is 1.71 bits per heavy atom. The van der Waals surface area contributed by atoms with Crippen molar-refractivity contribution in [1.82, 2.24) is 14.1 Å². The molecular formula is C35H40BrN3O9S. The van der Waals surface area contributed by atoms with Crippen molar-refractivity contribution in [3.05, 3.63) is 94.2 Å². The fraction of sp³-hybridized carbons (Fsp3) is 0.400. The van der Waals surface area contributed by atoms with Gasteiger partial charge < -0.3 is 33.7 Å². The van der Waals surface area contributed by atoms with E-state index in [1.807, 2.05) is 48.5 Å². The topological polar surface area (TPSA) is 127 Å². The number of benzene rings is 3. The number of allylic oxidation sites excluding steroid dienone is 1. The first-order valence-electron chi connectivity index (χ1n) is 16.1. The van der Waals surface area contributed by atoms with E-state index in [-0.39, 0.29) is 55.6 Å². The highest BCUT2D eigenvalue weighted by molar-refractivity contribution is 9.10. The van der Waals surface area contributed by atoms with E-state index in [9.17, 15) is 18.3 Å². The number of piperazine rings is 1. The van der Waals surface area contributed by atoms with Crippen LogP contribution in [-0.2, 0) is 30.8 Å². The number of halogens is 1. The Kier molecular flexibility index (Phi) is 11.4. The van der Waals surface area contributed by atoms with Gasteiger partial charge in [-0.1, -0.05) is 34.1 Å². The zero-order valence-electron chi connectivity index (χ0n) is 27.2. The fourth-order valence-corrected chi connectivity index (χ4v) is 7.74. The van der Waals surface area contributed by atoms with Crippen LogP contribution in [0.2, 0.25) is 0 Å². The molecule has 0 saturated carbocycles. The van der Waals surface area contributed by atoms with E-state index in [1.54, 1.807) is 17.0 Å². The molecule has 14 heteroatoms. The third-order valence-corrected chi connectivity index (χ3v) is 11.2. The molecule has 1 saturated heterocycles. The Balaban J connectivity index is 1.09. The number of hydrogen-bond acceptors (Lipinski definition) is 10. The molecule has 49 heavy (non-hydrogen) atoms. The molecule has 0 spiro atoms. The average Bonchev–Trinajstić information content (AvgIpc) is 3.59. The number of nitrogens with zero attached hydrogens (tertiary/aromatic N) is 3. The standard InChI is InChI=1S/C35H40BrN3O9S/c1-44-29-7-9-30(10-8-29)49(42,43)39(16-18-40)17-19-45-34-22-27(26-3-5-28(36)6-4-26)21-33(48-34)35(41)38-14-12-37(13-15-38)23-25-2-11-31-32(20-25)47-24-46-31/h2-11,20-21,27,34,40H,12-19,22-24H2,1H3/t27-,34+/m0/s1. The lowest BCUT2D eigenvalue weighted by molar-refractivity contribution is -0.154. The Morgan fingerprint density at radius 3 is 2.43 bits per heavy atom. The van der Waals surface area contributed by atoms with Crippen molar-refractivity contribution in [2.75, 3.05) is 66.4 Å². The van der Waals surface area contributed by atoms with E-state index in [2.05, 4.69) is 20.8 Å². The van der Waals surface area contributed by atoms with Gasteiger partial charge in [0.15, 0.2) is 17.3 Å². The second-order valence-corrected chi connectivity index (χ2v) is 14.8. The van der Waals surface area contributed by atoms with Crippen molar-refractivity contribution in [2.24, 2.45) is 0 Å². The Labute approximate surface area is 294 Å². The van der Waals surface area contributed by atoms with E-state index in [4.69, 9.17) is 23.7 Å².